The van der Waals surface area contributed by atoms with Crippen molar-refractivity contribution in [1.82, 2.24) is 15.5 Å². The number of nitrogens with zero attached hydrogens (tertiary/aromatic N) is 2. The average molecular weight is 504 g/mol. The van der Waals surface area contributed by atoms with E-state index in [0.717, 1.165) is 43.2 Å². The van der Waals surface area contributed by atoms with E-state index >= 15 is 0 Å². The molecule has 1 fully saturated rings. The first kappa shape index (κ1) is 24.5. The summed E-state index contributed by atoms with van der Waals surface area (Å²) in [6, 6.07) is 7.88. The van der Waals surface area contributed by atoms with Crippen LogP contribution in [0.2, 0.25) is 0 Å². The van der Waals surface area contributed by atoms with E-state index in [9.17, 15) is 4.79 Å². The molecular formula is C20H33IN4O3. The Balaban J connectivity index is 0.00000392. The highest BCUT2D eigenvalue weighted by Gasteiger charge is 2.22. The third-order valence-electron chi connectivity index (χ3n) is 4.86. The van der Waals surface area contributed by atoms with Crippen molar-refractivity contribution in [3.8, 4) is 5.75 Å². The van der Waals surface area contributed by atoms with Gasteiger partial charge in [0.25, 0.3) is 0 Å². The predicted molar refractivity (Wildman–Crippen MR) is 122 cm³/mol. The summed E-state index contributed by atoms with van der Waals surface area (Å²) in [4.78, 5) is 18.1. The zero-order valence-corrected chi connectivity index (χ0v) is 19.4. The van der Waals surface area contributed by atoms with E-state index < -0.39 is 0 Å². The Hall–Kier alpha value is -1.55. The normalized spacial score (nSPS) is 15.0. The number of carbonyl (C=O) groups is 1. The number of carbonyl (C=O) groups excluding carboxylic acids is 1. The molecule has 2 rings (SSSR count). The van der Waals surface area contributed by atoms with Crippen LogP contribution in [0.1, 0.15) is 24.8 Å². The van der Waals surface area contributed by atoms with Crippen molar-refractivity contribution in [2.24, 2.45) is 10.9 Å². The summed E-state index contributed by atoms with van der Waals surface area (Å²) in [6.07, 6.45) is 2.64. The SMILES string of the molecule is CN=C(NCCOCc1ccccc1OC)N1CCC(CC(=O)NC)CC1.I. The molecule has 0 spiro atoms. The maximum atomic E-state index is 11.5. The summed E-state index contributed by atoms with van der Waals surface area (Å²) in [5.41, 5.74) is 1.04. The molecule has 8 heteroatoms. The highest BCUT2D eigenvalue weighted by Crippen LogP contribution is 2.20. The van der Waals surface area contributed by atoms with Crippen molar-refractivity contribution in [3.05, 3.63) is 29.8 Å². The Bertz CT molecular complexity index is 619. The molecular weight excluding hydrogens is 471 g/mol. The lowest BCUT2D eigenvalue weighted by Gasteiger charge is -2.34. The number of ether oxygens (including phenoxy) is 2. The summed E-state index contributed by atoms with van der Waals surface area (Å²) in [5, 5.41) is 6.07. The minimum Gasteiger partial charge on any atom is -0.496 e. The Labute approximate surface area is 185 Å². The molecule has 1 aliphatic heterocycles. The van der Waals surface area contributed by atoms with Gasteiger partial charge in [-0.15, -0.1) is 24.0 Å². The van der Waals surface area contributed by atoms with Gasteiger partial charge in [0.15, 0.2) is 5.96 Å². The third-order valence-corrected chi connectivity index (χ3v) is 4.86. The molecule has 1 saturated heterocycles. The molecule has 1 aromatic rings. The second-order valence-electron chi connectivity index (χ2n) is 6.65. The molecule has 28 heavy (non-hydrogen) atoms. The molecule has 0 radical (unpaired) electrons. The third kappa shape index (κ3) is 7.83. The highest BCUT2D eigenvalue weighted by molar-refractivity contribution is 14.0. The quantitative estimate of drug-likeness (QED) is 0.246. The Kier molecular flexibility index (Phi) is 11.9. The number of hydrogen-bond donors (Lipinski definition) is 2. The molecule has 0 aliphatic carbocycles. The number of para-hydroxylation sites is 1. The first-order valence-electron chi connectivity index (χ1n) is 9.53. The smallest absolute Gasteiger partial charge is 0.220 e. The molecule has 2 N–H and O–H groups in total. The number of nitrogens with one attached hydrogen (secondary N) is 2. The molecule has 0 aromatic heterocycles. The van der Waals surface area contributed by atoms with Gasteiger partial charge >= 0.3 is 0 Å². The number of hydrogen-bond acceptors (Lipinski definition) is 4. The fourth-order valence-corrected chi connectivity index (χ4v) is 3.28. The number of methoxy groups -OCH3 is 1. The Morgan fingerprint density at radius 3 is 2.64 bits per heavy atom. The van der Waals surface area contributed by atoms with Crippen molar-refractivity contribution >= 4 is 35.8 Å². The van der Waals surface area contributed by atoms with Crippen LogP contribution in [0.15, 0.2) is 29.3 Å². The first-order chi connectivity index (χ1) is 13.2. The molecule has 7 nitrogen and oxygen atoms in total. The van der Waals surface area contributed by atoms with E-state index in [2.05, 4.69) is 20.5 Å². The highest BCUT2D eigenvalue weighted by atomic mass is 127. The van der Waals surface area contributed by atoms with Crippen molar-refractivity contribution in [3.63, 3.8) is 0 Å². The first-order valence-corrected chi connectivity index (χ1v) is 9.53. The lowest BCUT2D eigenvalue weighted by molar-refractivity contribution is -0.121. The predicted octanol–water partition coefficient (Wildman–Crippen LogP) is 2.25. The van der Waals surface area contributed by atoms with Crippen LogP contribution in [0.4, 0.5) is 0 Å². The molecule has 158 valence electrons. The van der Waals surface area contributed by atoms with Crippen LogP contribution in [0.25, 0.3) is 0 Å². The van der Waals surface area contributed by atoms with Gasteiger partial charge in [-0.3, -0.25) is 9.79 Å². The van der Waals surface area contributed by atoms with Gasteiger partial charge in [-0.1, -0.05) is 18.2 Å². The molecule has 0 unspecified atom stereocenters. The summed E-state index contributed by atoms with van der Waals surface area (Å²) < 4.78 is 11.1. The van der Waals surface area contributed by atoms with Crippen LogP contribution in [-0.2, 0) is 16.1 Å². The summed E-state index contributed by atoms with van der Waals surface area (Å²) in [7, 11) is 5.16. The van der Waals surface area contributed by atoms with Gasteiger partial charge in [0.05, 0.1) is 20.3 Å². The van der Waals surface area contributed by atoms with E-state index in [1.165, 1.54) is 0 Å². The van der Waals surface area contributed by atoms with Gasteiger partial charge in [-0.2, -0.15) is 0 Å². The largest absolute Gasteiger partial charge is 0.496 e. The minimum atomic E-state index is 0. The maximum absolute atomic E-state index is 11.5. The number of guanidine groups is 1. The van der Waals surface area contributed by atoms with Gasteiger partial charge in [0, 0.05) is 45.7 Å². The number of aliphatic imine (C=N–C) groups is 1. The van der Waals surface area contributed by atoms with E-state index in [1.807, 2.05) is 24.3 Å². The van der Waals surface area contributed by atoms with Crippen molar-refractivity contribution in [2.45, 2.75) is 25.9 Å². The van der Waals surface area contributed by atoms with E-state index in [1.54, 1.807) is 21.2 Å². The number of likely N-dealkylation sites (tertiary alicyclic amines) is 1. The van der Waals surface area contributed by atoms with E-state index in [0.29, 0.717) is 32.1 Å². The number of rotatable bonds is 8. The second kappa shape index (κ2) is 13.6. The van der Waals surface area contributed by atoms with Crippen molar-refractivity contribution < 1.29 is 14.3 Å². The van der Waals surface area contributed by atoms with Crippen LogP contribution in [-0.4, -0.2) is 64.2 Å². The van der Waals surface area contributed by atoms with Crippen LogP contribution in [0.5, 0.6) is 5.75 Å². The molecule has 0 saturated carbocycles. The number of benzene rings is 1. The van der Waals surface area contributed by atoms with Crippen LogP contribution < -0.4 is 15.4 Å². The topological polar surface area (TPSA) is 75.2 Å². The van der Waals surface area contributed by atoms with E-state index in [-0.39, 0.29) is 29.9 Å². The van der Waals surface area contributed by atoms with Crippen LogP contribution >= 0.6 is 24.0 Å². The van der Waals surface area contributed by atoms with Gasteiger partial charge < -0.3 is 25.0 Å². The van der Waals surface area contributed by atoms with Gasteiger partial charge in [0.1, 0.15) is 5.75 Å². The summed E-state index contributed by atoms with van der Waals surface area (Å²) >= 11 is 0. The van der Waals surface area contributed by atoms with Gasteiger partial charge in [0.2, 0.25) is 5.91 Å². The molecule has 1 amide bonds. The van der Waals surface area contributed by atoms with Crippen molar-refractivity contribution in [2.75, 3.05) is 47.4 Å². The number of halogens is 1. The molecule has 0 atom stereocenters. The fraction of sp³-hybridized carbons (Fsp3) is 0.600. The van der Waals surface area contributed by atoms with Crippen molar-refractivity contribution in [1.29, 1.82) is 0 Å². The molecule has 1 aromatic carbocycles. The molecule has 1 aliphatic rings. The Morgan fingerprint density at radius 2 is 2.00 bits per heavy atom. The average Bonchev–Trinajstić information content (AvgIpc) is 2.71. The monoisotopic (exact) mass is 504 g/mol. The van der Waals surface area contributed by atoms with Gasteiger partial charge in [-0.25, -0.2) is 0 Å². The van der Waals surface area contributed by atoms with Crippen LogP contribution in [0, 0.1) is 5.92 Å². The summed E-state index contributed by atoms with van der Waals surface area (Å²) in [5.74, 6) is 2.34. The standard InChI is InChI=1S/C20H32N4O3.HI/c1-21-19(25)14-16-8-11-24(12-9-16)20(22-2)23-10-13-27-15-17-6-4-5-7-18(17)26-3;/h4-7,16H,8-15H2,1-3H3,(H,21,25)(H,22,23);1H. The lowest BCUT2D eigenvalue weighted by atomic mass is 9.93. The van der Waals surface area contributed by atoms with Crippen LogP contribution in [0.3, 0.4) is 0 Å². The summed E-state index contributed by atoms with van der Waals surface area (Å²) in [6.45, 7) is 3.65. The fourth-order valence-electron chi connectivity index (χ4n) is 3.28. The second-order valence-corrected chi connectivity index (χ2v) is 6.65. The Morgan fingerprint density at radius 1 is 1.29 bits per heavy atom. The van der Waals surface area contributed by atoms with Gasteiger partial charge in [-0.05, 0) is 24.8 Å². The zero-order chi connectivity index (χ0) is 19.5. The number of piperidine rings is 1. The maximum Gasteiger partial charge on any atom is 0.220 e. The lowest BCUT2D eigenvalue weighted by Crippen LogP contribution is -2.46. The molecule has 0 bridgehead atoms. The number of amides is 1. The van der Waals surface area contributed by atoms with E-state index in [4.69, 9.17) is 9.47 Å². The zero-order valence-electron chi connectivity index (χ0n) is 17.1. The minimum absolute atomic E-state index is 0. The molecule has 1 heterocycles.